The van der Waals surface area contributed by atoms with Gasteiger partial charge in [-0.25, -0.2) is 4.79 Å². The van der Waals surface area contributed by atoms with Gasteiger partial charge in [0.05, 0.1) is 18.5 Å². The van der Waals surface area contributed by atoms with Crippen molar-refractivity contribution in [1.29, 1.82) is 0 Å². The molecule has 2 heterocycles. The first-order valence-corrected chi connectivity index (χ1v) is 14.9. The van der Waals surface area contributed by atoms with Crippen molar-refractivity contribution in [3.63, 3.8) is 0 Å². The molecule has 1 aromatic rings. The second kappa shape index (κ2) is 13.6. The van der Waals surface area contributed by atoms with Crippen LogP contribution in [0.25, 0.3) is 0 Å². The second-order valence-electron chi connectivity index (χ2n) is 11.4. The third kappa shape index (κ3) is 6.37. The molecule has 0 bridgehead atoms. The Bertz CT molecular complexity index is 1370. The smallest absolute Gasteiger partial charge is 0.350 e. The number of hydrogen-bond donors (Lipinski definition) is 5. The van der Waals surface area contributed by atoms with Gasteiger partial charge in [-0.2, -0.15) is 0 Å². The van der Waals surface area contributed by atoms with Gasteiger partial charge in [0.2, 0.25) is 5.78 Å². The van der Waals surface area contributed by atoms with Crippen molar-refractivity contribution in [2.24, 2.45) is 22.4 Å². The molecule has 1 fully saturated rings. The van der Waals surface area contributed by atoms with Crippen LogP contribution in [0.1, 0.15) is 66.7 Å². The lowest BCUT2D eigenvalue weighted by Crippen LogP contribution is -2.50. The van der Waals surface area contributed by atoms with Gasteiger partial charge < -0.3 is 36.9 Å². The molecule has 11 nitrogen and oxygen atoms in total. The van der Waals surface area contributed by atoms with Crippen LogP contribution in [0.3, 0.4) is 0 Å². The molecular formula is C32H44N6O5. The van der Waals surface area contributed by atoms with Gasteiger partial charge in [-0.05, 0) is 38.5 Å². The van der Waals surface area contributed by atoms with Crippen molar-refractivity contribution < 1.29 is 23.9 Å². The zero-order valence-electron chi connectivity index (χ0n) is 25.5. The number of hydrogen-bond acceptors (Lipinski definition) is 9. The number of benzene rings is 1. The average molecular weight is 593 g/mol. The van der Waals surface area contributed by atoms with E-state index in [1.165, 1.54) is 0 Å². The van der Waals surface area contributed by atoms with Gasteiger partial charge in [0, 0.05) is 43.6 Å². The maximum absolute atomic E-state index is 13.9. The number of carbonyl (C=O) groups excluding carboxylic acids is 3. The van der Waals surface area contributed by atoms with Crippen LogP contribution in [0.4, 0.5) is 0 Å². The van der Waals surface area contributed by atoms with Crippen LogP contribution in [-0.4, -0.2) is 74.5 Å². The SMILES string of the molecule is CCCC[C@H](CNC)COC(=O)[C@]12O[C@@]1(C/C=C(\C)C[C@@H](NC(N)=NC)C1=CCNC(N)=C1)C(=O)c1ccccc1C2=O. The molecule has 0 radical (unpaired) electrons. The molecule has 0 amide bonds. The summed E-state index contributed by atoms with van der Waals surface area (Å²) in [5, 5.41) is 9.41. The van der Waals surface area contributed by atoms with Gasteiger partial charge in [-0.15, -0.1) is 0 Å². The summed E-state index contributed by atoms with van der Waals surface area (Å²) >= 11 is 0. The normalized spacial score (nSPS) is 24.6. The van der Waals surface area contributed by atoms with Gasteiger partial charge in [-0.3, -0.25) is 14.6 Å². The number of unbranched alkanes of at least 4 members (excludes halogenated alkanes) is 1. The molecule has 4 atom stereocenters. The third-order valence-electron chi connectivity index (χ3n) is 8.35. The molecule has 1 aliphatic carbocycles. The fourth-order valence-corrected chi connectivity index (χ4v) is 5.89. The fraction of sp³-hybridized carbons (Fsp3) is 0.500. The fourth-order valence-electron chi connectivity index (χ4n) is 5.89. The minimum Gasteiger partial charge on any atom is -0.463 e. The lowest BCUT2D eigenvalue weighted by Gasteiger charge is -2.25. The minimum atomic E-state index is -2.00. The summed E-state index contributed by atoms with van der Waals surface area (Å²) in [5.41, 5.74) is 10.6. The van der Waals surface area contributed by atoms with Crippen molar-refractivity contribution in [2.75, 3.05) is 33.8 Å². The number of rotatable bonds is 14. The molecule has 43 heavy (non-hydrogen) atoms. The monoisotopic (exact) mass is 592 g/mol. The molecule has 1 aromatic carbocycles. The number of nitrogens with one attached hydrogen (secondary N) is 3. The van der Waals surface area contributed by atoms with E-state index in [1.807, 2.05) is 32.2 Å². The predicted molar refractivity (Wildman–Crippen MR) is 165 cm³/mol. The molecule has 0 aromatic heterocycles. The molecule has 4 rings (SSSR count). The van der Waals surface area contributed by atoms with Gasteiger partial charge in [-0.1, -0.05) is 61.8 Å². The summed E-state index contributed by atoms with van der Waals surface area (Å²) in [4.78, 5) is 45.5. The highest BCUT2D eigenvalue weighted by Gasteiger charge is 2.85. The number of epoxide rings is 1. The van der Waals surface area contributed by atoms with E-state index in [1.54, 1.807) is 31.3 Å². The molecule has 1 saturated heterocycles. The summed E-state index contributed by atoms with van der Waals surface area (Å²) in [6.07, 6.45) is 9.11. The summed E-state index contributed by atoms with van der Waals surface area (Å²) in [5.74, 6) is -0.841. The molecule has 7 N–H and O–H groups in total. The number of Topliss-reactive ketones (excluding diaryl/α,β-unsaturated/α-hetero) is 2. The van der Waals surface area contributed by atoms with Crippen LogP contribution in [0.5, 0.6) is 0 Å². The molecule has 0 unspecified atom stereocenters. The predicted octanol–water partition coefficient (Wildman–Crippen LogP) is 2.10. The maximum Gasteiger partial charge on any atom is 0.350 e. The van der Waals surface area contributed by atoms with E-state index in [4.69, 9.17) is 20.9 Å². The Morgan fingerprint density at radius 1 is 1.26 bits per heavy atom. The van der Waals surface area contributed by atoms with Crippen molar-refractivity contribution in [2.45, 2.75) is 63.2 Å². The zero-order valence-corrected chi connectivity index (χ0v) is 25.5. The van der Waals surface area contributed by atoms with E-state index in [2.05, 4.69) is 27.9 Å². The number of ether oxygens (including phenoxy) is 2. The Kier molecular flexibility index (Phi) is 10.1. The highest BCUT2D eigenvalue weighted by atomic mass is 16.7. The summed E-state index contributed by atoms with van der Waals surface area (Å²) in [6.45, 7) is 5.40. The third-order valence-corrected chi connectivity index (χ3v) is 8.35. The lowest BCUT2D eigenvalue weighted by molar-refractivity contribution is -0.149. The number of ketones is 2. The highest BCUT2D eigenvalue weighted by Crippen LogP contribution is 2.58. The number of aliphatic imine (C=N–C) groups is 1. The summed E-state index contributed by atoms with van der Waals surface area (Å²) in [6, 6.07) is 6.29. The first-order chi connectivity index (χ1) is 20.6. The van der Waals surface area contributed by atoms with Crippen LogP contribution < -0.4 is 27.4 Å². The van der Waals surface area contributed by atoms with Gasteiger partial charge in [0.25, 0.3) is 5.60 Å². The van der Waals surface area contributed by atoms with E-state index >= 15 is 0 Å². The molecule has 2 aliphatic heterocycles. The van der Waals surface area contributed by atoms with Crippen molar-refractivity contribution >= 4 is 23.5 Å². The highest BCUT2D eigenvalue weighted by molar-refractivity contribution is 6.32. The Morgan fingerprint density at radius 2 is 1.98 bits per heavy atom. The molecule has 0 spiro atoms. The van der Waals surface area contributed by atoms with E-state index in [-0.39, 0.29) is 42.1 Å². The molecular weight excluding hydrogens is 548 g/mol. The number of nitrogens with zero attached hydrogens (tertiary/aromatic N) is 1. The van der Waals surface area contributed by atoms with Gasteiger partial charge >= 0.3 is 5.97 Å². The maximum atomic E-state index is 13.9. The molecule has 232 valence electrons. The van der Waals surface area contributed by atoms with Crippen molar-refractivity contribution in [1.82, 2.24) is 16.0 Å². The number of esters is 1. The number of carbonyl (C=O) groups is 3. The number of dihydropyridines is 1. The second-order valence-corrected chi connectivity index (χ2v) is 11.4. The largest absolute Gasteiger partial charge is 0.463 e. The number of guanidine groups is 1. The van der Waals surface area contributed by atoms with Crippen LogP contribution in [-0.2, 0) is 14.3 Å². The number of nitrogens with two attached hydrogens (primary N) is 2. The van der Waals surface area contributed by atoms with Crippen molar-refractivity contribution in [3.05, 3.63) is 70.6 Å². The lowest BCUT2D eigenvalue weighted by atomic mass is 9.72. The van der Waals surface area contributed by atoms with E-state index in [0.29, 0.717) is 25.3 Å². The molecule has 11 heteroatoms. The standard InChI is InChI=1S/C32H44N6O5/c1-5-6-9-21(18-35-3)19-42-29(41)32-28(40)24-11-8-7-10-23(24)27(39)31(32,43-32)14-12-20(2)16-25(38-30(34)36-4)22-13-15-37-26(33)17-22/h7-8,10-13,17,21,25,35,37H,5-6,9,14-16,18-19,33H2,1-4H3,(H3,34,36,38)/b20-12+/t21-,25-,31+,32+/m1/s1. The van der Waals surface area contributed by atoms with Crippen LogP contribution in [0.15, 0.2) is 64.5 Å². The Hall–Kier alpha value is -3.96. The van der Waals surface area contributed by atoms with Gasteiger partial charge in [0.1, 0.15) is 0 Å². The molecule has 0 saturated carbocycles. The molecule has 3 aliphatic rings. The van der Waals surface area contributed by atoms with E-state index in [0.717, 1.165) is 30.4 Å². The van der Waals surface area contributed by atoms with E-state index in [9.17, 15) is 14.4 Å². The summed E-state index contributed by atoms with van der Waals surface area (Å²) in [7, 11) is 3.44. The van der Waals surface area contributed by atoms with E-state index < -0.39 is 28.7 Å². The Balaban J connectivity index is 1.60. The zero-order chi connectivity index (χ0) is 31.2. The van der Waals surface area contributed by atoms with Crippen LogP contribution in [0, 0.1) is 5.92 Å². The Labute approximate surface area is 253 Å². The topological polar surface area (TPSA) is 173 Å². The number of fused-ring (bicyclic) bond motifs is 2. The minimum absolute atomic E-state index is 0.0330. The quantitative estimate of drug-likeness (QED) is 0.0538. The van der Waals surface area contributed by atoms with Crippen LogP contribution in [0.2, 0.25) is 0 Å². The van der Waals surface area contributed by atoms with Gasteiger partial charge in [0.15, 0.2) is 17.3 Å². The average Bonchev–Trinajstić information content (AvgIpc) is 3.72. The first kappa shape index (κ1) is 32.0. The Morgan fingerprint density at radius 3 is 2.63 bits per heavy atom. The van der Waals surface area contributed by atoms with Crippen LogP contribution >= 0.6 is 0 Å². The van der Waals surface area contributed by atoms with Crippen molar-refractivity contribution in [3.8, 4) is 0 Å². The first-order valence-electron chi connectivity index (χ1n) is 14.9. The summed E-state index contributed by atoms with van der Waals surface area (Å²) < 4.78 is 11.8.